The van der Waals surface area contributed by atoms with Crippen LogP contribution in [0.25, 0.3) is 0 Å². The highest BCUT2D eigenvalue weighted by molar-refractivity contribution is 8.14. The van der Waals surface area contributed by atoms with Gasteiger partial charge in [0.15, 0.2) is 0 Å². The van der Waals surface area contributed by atoms with Gasteiger partial charge in [-0.25, -0.2) is 0 Å². The van der Waals surface area contributed by atoms with Gasteiger partial charge in [0.25, 0.3) is 0 Å². The van der Waals surface area contributed by atoms with Crippen LogP contribution in [0.5, 0.6) is 0 Å². The summed E-state index contributed by atoms with van der Waals surface area (Å²) in [5.74, 6) is 5.32. The van der Waals surface area contributed by atoms with Gasteiger partial charge in [-0.15, -0.1) is 11.6 Å². The molecule has 3 saturated carbocycles. The number of rotatable bonds is 11. The normalized spacial score (nSPS) is 38.9. The molecule has 37 heavy (non-hydrogen) atoms. The standard InChI is InChI=1S/C34H57ClOS/c1-7-8-9-13-31(35)32(36)37-26-18-20-33(5)25(22-26)14-15-27-29-17-16-28(24(4)12-10-11-23(2)3)34(29,6)21-19-30(27)33/h14,23-24,26-31H,7-13,15-22H2,1-6H3/t24-,26+,27-,28+,29-,30-,31+,33+,34-/m1/s1. The molecular weight excluding hydrogens is 492 g/mol. The fourth-order valence-corrected chi connectivity index (χ4v) is 11.1. The number of hydrogen-bond acceptors (Lipinski definition) is 2. The number of thioether (sulfide) groups is 1. The van der Waals surface area contributed by atoms with Crippen molar-refractivity contribution < 1.29 is 4.79 Å². The summed E-state index contributed by atoms with van der Waals surface area (Å²) in [7, 11) is 0. The molecule has 0 aromatic heterocycles. The lowest BCUT2D eigenvalue weighted by Gasteiger charge is -2.58. The van der Waals surface area contributed by atoms with Crippen molar-refractivity contribution in [3.63, 3.8) is 0 Å². The Labute approximate surface area is 239 Å². The van der Waals surface area contributed by atoms with E-state index in [-0.39, 0.29) is 10.5 Å². The average Bonchev–Trinajstić information content (AvgIpc) is 3.21. The van der Waals surface area contributed by atoms with Crippen molar-refractivity contribution in [3.8, 4) is 0 Å². The second kappa shape index (κ2) is 12.7. The maximum absolute atomic E-state index is 12.8. The predicted molar refractivity (Wildman–Crippen MR) is 163 cm³/mol. The van der Waals surface area contributed by atoms with E-state index >= 15 is 0 Å². The molecule has 4 rings (SSSR count). The number of fused-ring (bicyclic) bond motifs is 5. The summed E-state index contributed by atoms with van der Waals surface area (Å²) < 4.78 is 0. The third-order valence-electron chi connectivity index (χ3n) is 11.9. The second-order valence-corrected chi connectivity index (χ2v) is 16.4. The molecule has 3 heteroatoms. The van der Waals surface area contributed by atoms with Crippen molar-refractivity contribution >= 4 is 28.5 Å². The van der Waals surface area contributed by atoms with Crippen LogP contribution in [0.1, 0.15) is 138 Å². The lowest BCUT2D eigenvalue weighted by atomic mass is 9.47. The number of carbonyl (C=O) groups excluding carboxylic acids is 1. The monoisotopic (exact) mass is 548 g/mol. The summed E-state index contributed by atoms with van der Waals surface area (Å²) >= 11 is 8.08. The SMILES string of the molecule is CCCCC[C@H](Cl)C(=O)S[C@H]1CC[C@@]2(C)C(=CC[C@@H]3[C@H]4CC[C@@H]([C@H](C)CCCC(C)C)[C@@]4(C)CC[C@H]32)C1. The van der Waals surface area contributed by atoms with Gasteiger partial charge in [0.1, 0.15) is 5.38 Å². The number of unbranched alkanes of at least 4 members (excludes halogenated alkanes) is 2. The van der Waals surface area contributed by atoms with Crippen LogP contribution in [0.4, 0.5) is 0 Å². The van der Waals surface area contributed by atoms with Gasteiger partial charge in [-0.1, -0.05) is 103 Å². The average molecular weight is 549 g/mol. The number of hydrogen-bond donors (Lipinski definition) is 0. The molecule has 1 nitrogen and oxygen atoms in total. The Morgan fingerprint density at radius 3 is 2.51 bits per heavy atom. The zero-order valence-corrected chi connectivity index (χ0v) is 26.6. The van der Waals surface area contributed by atoms with Crippen LogP contribution in [0.2, 0.25) is 0 Å². The molecule has 0 radical (unpaired) electrons. The summed E-state index contributed by atoms with van der Waals surface area (Å²) in [6.07, 6.45) is 21.9. The van der Waals surface area contributed by atoms with Gasteiger partial charge in [0, 0.05) is 5.25 Å². The Morgan fingerprint density at radius 2 is 1.78 bits per heavy atom. The molecular formula is C34H57ClOS. The Kier molecular flexibility index (Phi) is 10.3. The molecule has 0 aromatic rings. The minimum atomic E-state index is -0.298. The van der Waals surface area contributed by atoms with Crippen molar-refractivity contribution in [2.75, 3.05) is 0 Å². The smallest absolute Gasteiger partial charge is 0.207 e. The van der Waals surface area contributed by atoms with E-state index in [9.17, 15) is 4.79 Å². The third-order valence-corrected chi connectivity index (χ3v) is 13.7. The Hall–Kier alpha value is 0.0500. The van der Waals surface area contributed by atoms with Crippen molar-refractivity contribution in [1.82, 2.24) is 0 Å². The van der Waals surface area contributed by atoms with E-state index in [4.69, 9.17) is 11.6 Å². The van der Waals surface area contributed by atoms with Gasteiger partial charge in [-0.3, -0.25) is 4.79 Å². The second-order valence-electron chi connectivity index (χ2n) is 14.6. The van der Waals surface area contributed by atoms with Crippen LogP contribution in [0.15, 0.2) is 11.6 Å². The summed E-state index contributed by atoms with van der Waals surface area (Å²) in [5, 5.41) is 0.370. The van der Waals surface area contributed by atoms with Crippen LogP contribution < -0.4 is 0 Å². The molecule has 0 N–H and O–H groups in total. The molecule has 3 fully saturated rings. The molecule has 9 atom stereocenters. The highest BCUT2D eigenvalue weighted by Crippen LogP contribution is 2.67. The van der Waals surface area contributed by atoms with Gasteiger partial charge in [-0.05, 0) is 104 Å². The van der Waals surface area contributed by atoms with Gasteiger partial charge >= 0.3 is 0 Å². The van der Waals surface area contributed by atoms with Gasteiger partial charge in [0.2, 0.25) is 5.12 Å². The Morgan fingerprint density at radius 1 is 1.00 bits per heavy atom. The van der Waals surface area contributed by atoms with E-state index in [1.54, 1.807) is 17.3 Å². The third kappa shape index (κ3) is 6.36. The summed E-state index contributed by atoms with van der Waals surface area (Å²) in [6.45, 7) is 14.8. The minimum absolute atomic E-state index is 0.230. The van der Waals surface area contributed by atoms with Crippen LogP contribution >= 0.6 is 23.4 Å². The lowest BCUT2D eigenvalue weighted by Crippen LogP contribution is -2.50. The zero-order valence-electron chi connectivity index (χ0n) is 25.0. The number of alkyl halides is 1. The first kappa shape index (κ1) is 30.0. The maximum atomic E-state index is 12.8. The fourth-order valence-electron chi connectivity index (χ4n) is 9.68. The van der Waals surface area contributed by atoms with E-state index in [0.717, 1.165) is 54.8 Å². The van der Waals surface area contributed by atoms with Gasteiger partial charge < -0.3 is 0 Å². The molecule has 4 aliphatic carbocycles. The number of halogens is 1. The molecule has 0 saturated heterocycles. The van der Waals surface area contributed by atoms with Gasteiger partial charge in [0.05, 0.1) is 0 Å². The molecule has 0 amide bonds. The zero-order chi connectivity index (χ0) is 26.8. The summed E-state index contributed by atoms with van der Waals surface area (Å²) in [6, 6.07) is 0. The highest BCUT2D eigenvalue weighted by atomic mass is 35.5. The summed E-state index contributed by atoms with van der Waals surface area (Å²) in [4.78, 5) is 12.8. The predicted octanol–water partition coefficient (Wildman–Crippen LogP) is 10.8. The molecule has 0 heterocycles. The topological polar surface area (TPSA) is 17.1 Å². The molecule has 0 bridgehead atoms. The molecule has 4 aliphatic rings. The number of allylic oxidation sites excluding steroid dienone is 2. The van der Waals surface area contributed by atoms with Gasteiger partial charge in [-0.2, -0.15) is 0 Å². The fraction of sp³-hybridized carbons (Fsp3) is 0.912. The molecule has 212 valence electrons. The summed E-state index contributed by atoms with van der Waals surface area (Å²) in [5.41, 5.74) is 2.63. The Bertz CT molecular complexity index is 806. The molecule has 0 unspecified atom stereocenters. The van der Waals surface area contributed by atoms with E-state index in [1.165, 1.54) is 77.0 Å². The largest absolute Gasteiger partial charge is 0.286 e. The van der Waals surface area contributed by atoms with E-state index in [1.807, 2.05) is 0 Å². The Balaban J connectivity index is 1.38. The van der Waals surface area contributed by atoms with E-state index in [0.29, 0.717) is 16.1 Å². The maximum Gasteiger partial charge on any atom is 0.207 e. The van der Waals surface area contributed by atoms with Crippen LogP contribution in [-0.4, -0.2) is 15.7 Å². The molecule has 0 spiro atoms. The first-order valence-electron chi connectivity index (χ1n) is 16.1. The van der Waals surface area contributed by atoms with E-state index in [2.05, 4.69) is 47.6 Å². The highest BCUT2D eigenvalue weighted by Gasteiger charge is 2.59. The minimum Gasteiger partial charge on any atom is -0.286 e. The first-order chi connectivity index (χ1) is 17.6. The quantitative estimate of drug-likeness (QED) is 0.145. The van der Waals surface area contributed by atoms with Crippen LogP contribution in [0.3, 0.4) is 0 Å². The molecule has 0 aliphatic heterocycles. The first-order valence-corrected chi connectivity index (χ1v) is 17.5. The van der Waals surface area contributed by atoms with Crippen molar-refractivity contribution in [2.24, 2.45) is 46.3 Å². The van der Waals surface area contributed by atoms with Crippen LogP contribution in [0, 0.1) is 46.3 Å². The van der Waals surface area contributed by atoms with Crippen molar-refractivity contribution in [1.29, 1.82) is 0 Å². The number of carbonyl (C=O) groups is 1. The van der Waals surface area contributed by atoms with E-state index < -0.39 is 0 Å². The van der Waals surface area contributed by atoms with Crippen LogP contribution in [-0.2, 0) is 4.79 Å². The van der Waals surface area contributed by atoms with Crippen molar-refractivity contribution in [3.05, 3.63) is 11.6 Å². The molecule has 0 aromatic carbocycles. The van der Waals surface area contributed by atoms with Crippen molar-refractivity contribution in [2.45, 2.75) is 148 Å². The lowest BCUT2D eigenvalue weighted by molar-refractivity contribution is -0.110.